The zero-order valence-electron chi connectivity index (χ0n) is 10.9. The van der Waals surface area contributed by atoms with Crippen molar-refractivity contribution in [3.05, 3.63) is 22.2 Å². The van der Waals surface area contributed by atoms with Crippen molar-refractivity contribution in [2.75, 3.05) is 33.9 Å². The van der Waals surface area contributed by atoms with E-state index >= 15 is 0 Å². The highest BCUT2D eigenvalue weighted by Crippen LogP contribution is 2.42. The number of benzene rings is 1. The molecule has 1 heterocycles. The monoisotopic (exact) mass is 271 g/mol. The number of rotatable bonds is 3. The summed E-state index contributed by atoms with van der Waals surface area (Å²) in [6.07, 6.45) is -0.101. The van der Waals surface area contributed by atoms with Crippen molar-refractivity contribution in [2.45, 2.75) is 13.0 Å². The molecule has 18 heavy (non-hydrogen) atoms. The topological polar surface area (TPSA) is 39.7 Å². The molecule has 0 aromatic heterocycles. The maximum absolute atomic E-state index is 6.42. The van der Waals surface area contributed by atoms with Gasteiger partial charge in [-0.05, 0) is 18.6 Å². The summed E-state index contributed by atoms with van der Waals surface area (Å²) in [6.45, 7) is 4.19. The van der Waals surface area contributed by atoms with Crippen LogP contribution in [0.4, 0.5) is 0 Å². The Morgan fingerprint density at radius 2 is 2.17 bits per heavy atom. The SMILES string of the molecule is COc1cc(C)c(OC)c(Cl)c1C1CNCCO1. The van der Waals surface area contributed by atoms with Gasteiger partial charge in [0.1, 0.15) is 17.6 Å². The van der Waals surface area contributed by atoms with Crippen LogP contribution >= 0.6 is 11.6 Å². The zero-order chi connectivity index (χ0) is 13.1. The third-order valence-electron chi connectivity index (χ3n) is 3.08. The van der Waals surface area contributed by atoms with Crippen LogP contribution in [0.25, 0.3) is 0 Å². The molecule has 1 aliphatic rings. The Balaban J connectivity index is 2.48. The van der Waals surface area contributed by atoms with E-state index in [0.29, 0.717) is 17.4 Å². The summed E-state index contributed by atoms with van der Waals surface area (Å²) in [5.41, 5.74) is 1.81. The minimum atomic E-state index is -0.101. The van der Waals surface area contributed by atoms with E-state index in [-0.39, 0.29) is 6.10 Å². The minimum Gasteiger partial charge on any atom is -0.496 e. The second kappa shape index (κ2) is 5.78. The number of hydrogen-bond donors (Lipinski definition) is 1. The molecule has 1 N–H and O–H groups in total. The van der Waals surface area contributed by atoms with E-state index in [4.69, 9.17) is 25.8 Å². The summed E-state index contributed by atoms with van der Waals surface area (Å²) in [5.74, 6) is 1.42. The van der Waals surface area contributed by atoms with Gasteiger partial charge >= 0.3 is 0 Å². The number of ether oxygens (including phenoxy) is 3. The normalized spacial score (nSPS) is 19.7. The highest BCUT2D eigenvalue weighted by Gasteiger charge is 2.25. The fraction of sp³-hybridized carbons (Fsp3) is 0.538. The maximum Gasteiger partial charge on any atom is 0.141 e. The maximum atomic E-state index is 6.42. The summed E-state index contributed by atoms with van der Waals surface area (Å²) in [4.78, 5) is 0. The molecule has 1 fully saturated rings. The number of hydrogen-bond acceptors (Lipinski definition) is 4. The van der Waals surface area contributed by atoms with E-state index in [9.17, 15) is 0 Å². The quantitative estimate of drug-likeness (QED) is 0.916. The molecular weight excluding hydrogens is 254 g/mol. The summed E-state index contributed by atoms with van der Waals surface area (Å²) in [7, 11) is 3.25. The van der Waals surface area contributed by atoms with Gasteiger partial charge in [0.15, 0.2) is 0 Å². The van der Waals surface area contributed by atoms with E-state index in [1.54, 1.807) is 14.2 Å². The lowest BCUT2D eigenvalue weighted by atomic mass is 10.0. The first-order valence-electron chi connectivity index (χ1n) is 5.92. The zero-order valence-corrected chi connectivity index (χ0v) is 11.6. The van der Waals surface area contributed by atoms with Crippen molar-refractivity contribution in [1.29, 1.82) is 0 Å². The summed E-state index contributed by atoms with van der Waals surface area (Å²) in [5, 5.41) is 3.86. The van der Waals surface area contributed by atoms with E-state index in [1.807, 2.05) is 13.0 Å². The van der Waals surface area contributed by atoms with E-state index < -0.39 is 0 Å². The van der Waals surface area contributed by atoms with Gasteiger partial charge in [-0.15, -0.1) is 0 Å². The smallest absolute Gasteiger partial charge is 0.141 e. The Kier molecular flexibility index (Phi) is 4.32. The predicted octanol–water partition coefficient (Wildman–Crippen LogP) is 2.33. The largest absolute Gasteiger partial charge is 0.496 e. The summed E-state index contributed by atoms with van der Waals surface area (Å²) < 4.78 is 16.5. The number of halogens is 1. The van der Waals surface area contributed by atoms with Crippen LogP contribution in [0.3, 0.4) is 0 Å². The molecule has 1 aliphatic heterocycles. The van der Waals surface area contributed by atoms with Gasteiger partial charge in [0.05, 0.1) is 25.8 Å². The average molecular weight is 272 g/mol. The first kappa shape index (κ1) is 13.5. The van der Waals surface area contributed by atoms with Crippen LogP contribution in [0, 0.1) is 6.92 Å². The molecule has 1 aromatic rings. The van der Waals surface area contributed by atoms with Crippen LogP contribution in [-0.2, 0) is 4.74 Å². The van der Waals surface area contributed by atoms with Crippen LogP contribution in [0.2, 0.25) is 5.02 Å². The molecule has 100 valence electrons. The second-order valence-corrected chi connectivity index (χ2v) is 4.60. The van der Waals surface area contributed by atoms with Gasteiger partial charge in [0.25, 0.3) is 0 Å². The van der Waals surface area contributed by atoms with Crippen molar-refractivity contribution >= 4 is 11.6 Å². The highest BCUT2D eigenvalue weighted by atomic mass is 35.5. The van der Waals surface area contributed by atoms with Crippen molar-refractivity contribution in [3.8, 4) is 11.5 Å². The Morgan fingerprint density at radius 3 is 2.72 bits per heavy atom. The fourth-order valence-electron chi connectivity index (χ4n) is 2.21. The van der Waals surface area contributed by atoms with Crippen LogP contribution in [-0.4, -0.2) is 33.9 Å². The number of nitrogens with one attached hydrogen (secondary N) is 1. The lowest BCUT2D eigenvalue weighted by molar-refractivity contribution is 0.0262. The highest BCUT2D eigenvalue weighted by molar-refractivity contribution is 6.33. The van der Waals surface area contributed by atoms with Crippen LogP contribution < -0.4 is 14.8 Å². The second-order valence-electron chi connectivity index (χ2n) is 4.22. The van der Waals surface area contributed by atoms with E-state index in [1.165, 1.54) is 0 Å². The molecule has 5 heteroatoms. The first-order valence-corrected chi connectivity index (χ1v) is 6.30. The Hall–Kier alpha value is -0.970. The van der Waals surface area contributed by atoms with E-state index in [2.05, 4.69) is 5.32 Å². The molecule has 0 bridgehead atoms. The molecule has 0 aliphatic carbocycles. The van der Waals surface area contributed by atoms with Gasteiger partial charge in [-0.25, -0.2) is 0 Å². The minimum absolute atomic E-state index is 0.101. The molecule has 1 aromatic carbocycles. The molecular formula is C13H18ClNO3. The standard InChI is InChI=1S/C13H18ClNO3/c1-8-6-9(16-2)11(12(14)13(8)17-3)10-7-15-4-5-18-10/h6,10,15H,4-5,7H2,1-3H3. The van der Waals surface area contributed by atoms with Crippen LogP contribution in [0.15, 0.2) is 6.07 Å². The lowest BCUT2D eigenvalue weighted by Crippen LogP contribution is -2.33. The van der Waals surface area contributed by atoms with Crippen molar-refractivity contribution in [3.63, 3.8) is 0 Å². The Bertz CT molecular complexity index is 431. The Morgan fingerprint density at radius 1 is 1.39 bits per heavy atom. The van der Waals surface area contributed by atoms with Crippen molar-refractivity contribution in [2.24, 2.45) is 0 Å². The molecule has 0 saturated carbocycles. The molecule has 0 amide bonds. The van der Waals surface area contributed by atoms with Crippen molar-refractivity contribution < 1.29 is 14.2 Å². The summed E-state index contributed by atoms with van der Waals surface area (Å²) >= 11 is 6.42. The predicted molar refractivity (Wildman–Crippen MR) is 70.9 cm³/mol. The first-order chi connectivity index (χ1) is 8.69. The summed E-state index contributed by atoms with van der Waals surface area (Å²) in [6, 6.07) is 1.93. The van der Waals surface area contributed by atoms with Gasteiger partial charge < -0.3 is 19.5 Å². The van der Waals surface area contributed by atoms with Gasteiger partial charge in [0, 0.05) is 18.7 Å². The number of aryl methyl sites for hydroxylation is 1. The number of methoxy groups -OCH3 is 2. The molecule has 0 radical (unpaired) electrons. The fourth-order valence-corrected chi connectivity index (χ4v) is 2.65. The Labute approximate surface area is 112 Å². The molecule has 4 nitrogen and oxygen atoms in total. The molecule has 2 rings (SSSR count). The van der Waals surface area contributed by atoms with Gasteiger partial charge in [0.2, 0.25) is 0 Å². The molecule has 1 atom stereocenters. The molecule has 0 spiro atoms. The van der Waals surface area contributed by atoms with Gasteiger partial charge in [-0.3, -0.25) is 0 Å². The van der Waals surface area contributed by atoms with Gasteiger partial charge in [-0.1, -0.05) is 11.6 Å². The molecule has 1 saturated heterocycles. The van der Waals surface area contributed by atoms with Crippen molar-refractivity contribution in [1.82, 2.24) is 5.32 Å². The lowest BCUT2D eigenvalue weighted by Gasteiger charge is -2.27. The van der Waals surface area contributed by atoms with E-state index in [0.717, 1.165) is 30.0 Å². The van der Waals surface area contributed by atoms with Crippen LogP contribution in [0.5, 0.6) is 11.5 Å². The third kappa shape index (κ3) is 2.41. The van der Waals surface area contributed by atoms with Gasteiger partial charge in [-0.2, -0.15) is 0 Å². The third-order valence-corrected chi connectivity index (χ3v) is 3.46. The van der Waals surface area contributed by atoms with Crippen LogP contribution in [0.1, 0.15) is 17.2 Å². The average Bonchev–Trinajstić information content (AvgIpc) is 2.39. The molecule has 1 unspecified atom stereocenters. The number of morpholine rings is 1.